The van der Waals surface area contributed by atoms with E-state index in [9.17, 15) is 4.79 Å². The van der Waals surface area contributed by atoms with Crippen LogP contribution in [0.25, 0.3) is 10.9 Å². The topological polar surface area (TPSA) is 76.2 Å². The van der Waals surface area contributed by atoms with Crippen LogP contribution in [0, 0.1) is 5.92 Å². The van der Waals surface area contributed by atoms with Gasteiger partial charge < -0.3 is 19.8 Å². The molecule has 0 saturated heterocycles. The van der Waals surface area contributed by atoms with Gasteiger partial charge in [0.05, 0.1) is 31.7 Å². The van der Waals surface area contributed by atoms with Gasteiger partial charge in [0.25, 0.3) is 5.56 Å². The Balaban J connectivity index is 1.84. The predicted octanol–water partition coefficient (Wildman–Crippen LogP) is 4.38. The van der Waals surface area contributed by atoms with Crippen LogP contribution >= 0.6 is 0 Å². The molecular formula is C24H31N3O3. The number of ether oxygens (including phenoxy) is 2. The zero-order valence-corrected chi connectivity index (χ0v) is 18.4. The summed E-state index contributed by atoms with van der Waals surface area (Å²) in [6.07, 6.45) is 2.24. The van der Waals surface area contributed by atoms with Crippen LogP contribution in [0.2, 0.25) is 0 Å². The Bertz CT molecular complexity index is 1040. The highest BCUT2D eigenvalue weighted by Crippen LogP contribution is 2.30. The molecule has 1 heterocycles. The molecule has 2 N–H and O–H groups in total. The fourth-order valence-corrected chi connectivity index (χ4v) is 3.72. The lowest BCUT2D eigenvalue weighted by atomic mass is 9.94. The van der Waals surface area contributed by atoms with Crippen molar-refractivity contribution >= 4 is 10.9 Å². The second-order valence-corrected chi connectivity index (χ2v) is 7.83. The first-order valence-electron chi connectivity index (χ1n) is 10.4. The number of benzene rings is 2. The van der Waals surface area contributed by atoms with Gasteiger partial charge in [0.1, 0.15) is 5.82 Å². The molecule has 0 unspecified atom stereocenters. The number of hydrogen-bond donors (Lipinski definition) is 2. The number of hydrogen-bond acceptors (Lipinski definition) is 5. The van der Waals surface area contributed by atoms with Crippen molar-refractivity contribution in [3.8, 4) is 11.5 Å². The Morgan fingerprint density at radius 1 is 1.07 bits per heavy atom. The van der Waals surface area contributed by atoms with Crippen LogP contribution in [0.15, 0.2) is 41.2 Å². The normalized spacial score (nSPS) is 12.3. The van der Waals surface area contributed by atoms with E-state index in [0.717, 1.165) is 12.8 Å². The van der Waals surface area contributed by atoms with E-state index in [1.807, 2.05) is 0 Å². The lowest BCUT2D eigenvalue weighted by molar-refractivity contribution is 0.355. The smallest absolute Gasteiger partial charge is 0.258 e. The van der Waals surface area contributed by atoms with Crippen LogP contribution in [0.1, 0.15) is 50.2 Å². The van der Waals surface area contributed by atoms with Gasteiger partial charge in [-0.3, -0.25) is 4.79 Å². The van der Waals surface area contributed by atoms with Crippen molar-refractivity contribution in [3.63, 3.8) is 0 Å². The van der Waals surface area contributed by atoms with E-state index in [4.69, 9.17) is 9.47 Å². The van der Waals surface area contributed by atoms with Crippen molar-refractivity contribution in [2.75, 3.05) is 14.2 Å². The van der Waals surface area contributed by atoms with Gasteiger partial charge >= 0.3 is 0 Å². The third-order valence-electron chi connectivity index (χ3n) is 5.29. The van der Waals surface area contributed by atoms with E-state index >= 15 is 0 Å². The van der Waals surface area contributed by atoms with Crippen molar-refractivity contribution in [3.05, 3.63) is 63.7 Å². The molecule has 6 nitrogen and oxygen atoms in total. The first kappa shape index (κ1) is 21.8. The molecule has 0 spiro atoms. The molecule has 0 aliphatic heterocycles. The SMILES string of the molecule is CCCc1ccc([C@H](NCc2nc3cc(OC)c(OC)cc3c(=O)[nH]2)C(C)C)cc1. The van der Waals surface area contributed by atoms with Crippen molar-refractivity contribution in [1.82, 2.24) is 15.3 Å². The summed E-state index contributed by atoms with van der Waals surface area (Å²) >= 11 is 0. The molecule has 3 aromatic rings. The van der Waals surface area contributed by atoms with Gasteiger partial charge in [0.2, 0.25) is 0 Å². The Labute approximate surface area is 177 Å². The van der Waals surface area contributed by atoms with Gasteiger partial charge in [-0.25, -0.2) is 4.98 Å². The molecule has 30 heavy (non-hydrogen) atoms. The zero-order valence-electron chi connectivity index (χ0n) is 18.4. The third-order valence-corrected chi connectivity index (χ3v) is 5.29. The number of nitrogens with one attached hydrogen (secondary N) is 2. The van der Waals surface area contributed by atoms with Crippen LogP contribution < -0.4 is 20.3 Å². The molecule has 0 amide bonds. The van der Waals surface area contributed by atoms with Crippen molar-refractivity contribution in [2.24, 2.45) is 5.92 Å². The summed E-state index contributed by atoms with van der Waals surface area (Å²) in [6.45, 7) is 7.02. The van der Waals surface area contributed by atoms with Crippen molar-refractivity contribution in [1.29, 1.82) is 0 Å². The Morgan fingerprint density at radius 3 is 2.33 bits per heavy atom. The maximum atomic E-state index is 12.6. The lowest BCUT2D eigenvalue weighted by Gasteiger charge is -2.23. The second kappa shape index (κ2) is 9.76. The lowest BCUT2D eigenvalue weighted by Crippen LogP contribution is -2.27. The van der Waals surface area contributed by atoms with Gasteiger partial charge in [0.15, 0.2) is 11.5 Å². The molecule has 1 atom stereocenters. The van der Waals surface area contributed by atoms with E-state index in [-0.39, 0.29) is 11.6 Å². The molecule has 0 radical (unpaired) electrons. The summed E-state index contributed by atoms with van der Waals surface area (Å²) in [5.41, 5.74) is 2.98. The molecule has 0 bridgehead atoms. The number of aryl methyl sites for hydroxylation is 1. The molecule has 0 aliphatic rings. The van der Waals surface area contributed by atoms with Crippen LogP contribution in [0.5, 0.6) is 11.5 Å². The Morgan fingerprint density at radius 2 is 1.73 bits per heavy atom. The first-order chi connectivity index (χ1) is 14.5. The van der Waals surface area contributed by atoms with Crippen molar-refractivity contribution in [2.45, 2.75) is 46.2 Å². The summed E-state index contributed by atoms with van der Waals surface area (Å²) in [5.74, 6) is 2.04. The summed E-state index contributed by atoms with van der Waals surface area (Å²) in [5, 5.41) is 4.03. The highest BCUT2D eigenvalue weighted by molar-refractivity contribution is 5.81. The Kier molecular flexibility index (Phi) is 7.11. The first-order valence-corrected chi connectivity index (χ1v) is 10.4. The maximum Gasteiger partial charge on any atom is 0.258 e. The highest BCUT2D eigenvalue weighted by Gasteiger charge is 2.17. The van der Waals surface area contributed by atoms with Gasteiger partial charge in [-0.05, 0) is 29.5 Å². The molecule has 0 aliphatic carbocycles. The number of aromatic amines is 1. The summed E-state index contributed by atoms with van der Waals surface area (Å²) in [6, 6.07) is 12.3. The van der Waals surface area contributed by atoms with Gasteiger partial charge in [-0.15, -0.1) is 0 Å². The summed E-state index contributed by atoms with van der Waals surface area (Å²) < 4.78 is 10.6. The third kappa shape index (κ3) is 4.82. The number of H-pyrrole nitrogens is 1. The number of aromatic nitrogens is 2. The van der Waals surface area contributed by atoms with Gasteiger partial charge in [-0.2, -0.15) is 0 Å². The highest BCUT2D eigenvalue weighted by atomic mass is 16.5. The standard InChI is InChI=1S/C24H31N3O3/c1-6-7-16-8-10-17(11-9-16)23(15(2)3)25-14-22-26-19-13-21(30-5)20(29-4)12-18(19)24(28)27-22/h8-13,15,23,25H,6-7,14H2,1-5H3,(H,26,27,28)/t23-/m1/s1. The summed E-state index contributed by atoms with van der Waals surface area (Å²) in [4.78, 5) is 20.1. The number of rotatable bonds is 9. The molecule has 1 aromatic heterocycles. The van der Waals surface area contributed by atoms with Crippen LogP contribution in [-0.4, -0.2) is 24.2 Å². The average Bonchev–Trinajstić information content (AvgIpc) is 2.74. The van der Waals surface area contributed by atoms with Crippen LogP contribution in [0.3, 0.4) is 0 Å². The molecule has 3 rings (SSSR count). The number of methoxy groups -OCH3 is 2. The fraction of sp³-hybridized carbons (Fsp3) is 0.417. The number of fused-ring (bicyclic) bond motifs is 1. The minimum Gasteiger partial charge on any atom is -0.493 e. The monoisotopic (exact) mass is 409 g/mol. The molecule has 6 heteroatoms. The van der Waals surface area contributed by atoms with E-state index < -0.39 is 0 Å². The van der Waals surface area contributed by atoms with Crippen molar-refractivity contribution < 1.29 is 9.47 Å². The Hall–Kier alpha value is -2.86. The van der Waals surface area contributed by atoms with Crippen LogP contribution in [-0.2, 0) is 13.0 Å². The molecule has 160 valence electrons. The summed E-state index contributed by atoms with van der Waals surface area (Å²) in [7, 11) is 3.11. The second-order valence-electron chi connectivity index (χ2n) is 7.83. The minimum atomic E-state index is -0.192. The molecular weight excluding hydrogens is 378 g/mol. The molecule has 0 fully saturated rings. The number of nitrogens with zero attached hydrogens (tertiary/aromatic N) is 1. The van der Waals surface area contributed by atoms with E-state index in [1.54, 1.807) is 26.4 Å². The van der Waals surface area contributed by atoms with E-state index in [2.05, 4.69) is 60.3 Å². The van der Waals surface area contributed by atoms with Crippen LogP contribution in [0.4, 0.5) is 0 Å². The van der Waals surface area contributed by atoms with Gasteiger partial charge in [0, 0.05) is 12.1 Å². The molecule has 2 aromatic carbocycles. The van der Waals surface area contributed by atoms with E-state index in [0.29, 0.717) is 40.7 Å². The maximum absolute atomic E-state index is 12.6. The fourth-order valence-electron chi connectivity index (χ4n) is 3.72. The predicted molar refractivity (Wildman–Crippen MR) is 120 cm³/mol. The quantitative estimate of drug-likeness (QED) is 0.548. The average molecular weight is 410 g/mol. The van der Waals surface area contributed by atoms with Gasteiger partial charge in [-0.1, -0.05) is 51.5 Å². The van der Waals surface area contributed by atoms with E-state index in [1.165, 1.54) is 11.1 Å². The minimum absolute atomic E-state index is 0.159. The largest absolute Gasteiger partial charge is 0.493 e. The zero-order chi connectivity index (χ0) is 21.7. The molecule has 0 saturated carbocycles.